The number of hydrazine groups is 1. The van der Waals surface area contributed by atoms with Crippen molar-refractivity contribution in [1.29, 1.82) is 0 Å². The van der Waals surface area contributed by atoms with Gasteiger partial charge in [-0.05, 0) is 44.0 Å². The molecule has 0 saturated carbocycles. The monoisotopic (exact) mass is 465 g/mol. The second-order valence-electron chi connectivity index (χ2n) is 7.34. The van der Waals surface area contributed by atoms with Gasteiger partial charge in [-0.25, -0.2) is 5.43 Å². The number of hydrazone groups is 1. The van der Waals surface area contributed by atoms with Crippen molar-refractivity contribution >= 4 is 35.0 Å². The minimum absolute atomic E-state index is 0.0626. The van der Waals surface area contributed by atoms with E-state index in [4.69, 9.17) is 16.0 Å². The number of hydrogen-bond acceptors (Lipinski definition) is 6. The molecule has 3 aromatic rings. The predicted octanol–water partition coefficient (Wildman–Crippen LogP) is 3.18. The lowest BCUT2D eigenvalue weighted by Crippen LogP contribution is -2.41. The molecule has 2 aromatic heterocycles. The number of nitrogens with zero attached hydrogens (tertiary/aromatic N) is 2. The normalized spacial score (nSPS) is 13.8. The van der Waals surface area contributed by atoms with Crippen LogP contribution < -0.4 is 16.3 Å². The number of pyridine rings is 1. The highest BCUT2D eigenvalue weighted by atomic mass is 35.5. The summed E-state index contributed by atoms with van der Waals surface area (Å²) in [5.41, 5.74) is 9.73. The molecule has 1 aromatic carbocycles. The first-order chi connectivity index (χ1) is 16.0. The van der Waals surface area contributed by atoms with Gasteiger partial charge in [0, 0.05) is 29.9 Å². The largest absolute Gasteiger partial charge is 0.455 e. The number of aryl methyl sites for hydroxylation is 1. The van der Waals surface area contributed by atoms with Gasteiger partial charge in [-0.1, -0.05) is 23.7 Å². The number of fused-ring (bicyclic) bond motifs is 1. The van der Waals surface area contributed by atoms with Gasteiger partial charge in [0.1, 0.15) is 5.76 Å². The minimum atomic E-state index is -0.610. The molecule has 33 heavy (non-hydrogen) atoms. The molecule has 0 aliphatic heterocycles. The van der Waals surface area contributed by atoms with Gasteiger partial charge in [-0.3, -0.25) is 30.2 Å². The molecule has 2 heterocycles. The Kier molecular flexibility index (Phi) is 6.50. The lowest BCUT2D eigenvalue weighted by Gasteiger charge is -2.13. The molecule has 0 radical (unpaired) electrons. The number of amides is 3. The van der Waals surface area contributed by atoms with Crippen molar-refractivity contribution in [1.82, 2.24) is 21.3 Å². The summed E-state index contributed by atoms with van der Waals surface area (Å²) in [5.74, 6) is -0.878. The number of rotatable bonds is 4. The smallest absolute Gasteiger partial charge is 0.305 e. The Morgan fingerprint density at radius 1 is 1.03 bits per heavy atom. The second-order valence-corrected chi connectivity index (χ2v) is 7.74. The van der Waals surface area contributed by atoms with Crippen molar-refractivity contribution < 1.29 is 18.8 Å². The molecule has 3 amide bonds. The van der Waals surface area contributed by atoms with Gasteiger partial charge in [0.2, 0.25) is 0 Å². The Labute approximate surface area is 194 Å². The molecule has 3 N–H and O–H groups in total. The average Bonchev–Trinajstić information content (AvgIpc) is 3.18. The average molecular weight is 466 g/mol. The van der Waals surface area contributed by atoms with E-state index in [0.717, 1.165) is 6.42 Å². The molecular formula is C23H20ClN5O4. The molecule has 4 rings (SSSR count). The molecule has 168 valence electrons. The fourth-order valence-electron chi connectivity index (χ4n) is 3.56. The first-order valence-corrected chi connectivity index (χ1v) is 10.6. The quantitative estimate of drug-likeness (QED) is 0.510. The summed E-state index contributed by atoms with van der Waals surface area (Å²) in [5, 5.41) is 4.54. The van der Waals surface area contributed by atoms with Gasteiger partial charge in [-0.15, -0.1) is 0 Å². The third kappa shape index (κ3) is 4.78. The van der Waals surface area contributed by atoms with Crippen LogP contribution in [0, 0.1) is 6.92 Å². The van der Waals surface area contributed by atoms with Crippen LogP contribution in [0.25, 0.3) is 0 Å². The van der Waals surface area contributed by atoms with Gasteiger partial charge < -0.3 is 4.42 Å². The summed E-state index contributed by atoms with van der Waals surface area (Å²) < 4.78 is 5.79. The lowest BCUT2D eigenvalue weighted by molar-refractivity contribution is 0.0829. The molecule has 9 nitrogen and oxygen atoms in total. The number of carbonyl (C=O) groups excluding carboxylic acids is 3. The number of nitrogens with one attached hydrogen (secondary N) is 3. The molecule has 1 aliphatic carbocycles. The zero-order chi connectivity index (χ0) is 23.4. The number of aromatic nitrogens is 1. The number of hydrogen-bond donors (Lipinski definition) is 3. The highest BCUT2D eigenvalue weighted by Crippen LogP contribution is 2.29. The Morgan fingerprint density at radius 2 is 1.82 bits per heavy atom. The minimum Gasteiger partial charge on any atom is -0.455 e. The third-order valence-corrected chi connectivity index (χ3v) is 5.49. The maximum Gasteiger partial charge on any atom is 0.305 e. The van der Waals surface area contributed by atoms with Crippen molar-refractivity contribution in [2.24, 2.45) is 5.10 Å². The van der Waals surface area contributed by atoms with Crippen LogP contribution in [0.5, 0.6) is 0 Å². The van der Waals surface area contributed by atoms with E-state index >= 15 is 0 Å². The standard InChI is InChI=1S/C23H20ClN5O4/c1-13-19-17(26-27-21(30)14-6-5-11-25-12-14)9-4-10-18(19)33-20(13)23(32)29-28-22(31)15-7-2-3-8-16(15)24/h2-3,5-8,11-12H,4,9-10H2,1H3,(H,27,30)(H,28,31)(H,29,32)/b26-17+. The van der Waals surface area contributed by atoms with Crippen molar-refractivity contribution in [3.8, 4) is 0 Å². The Hall–Kier alpha value is -3.98. The van der Waals surface area contributed by atoms with Crippen LogP contribution in [0.4, 0.5) is 0 Å². The van der Waals surface area contributed by atoms with Crippen LogP contribution in [0.2, 0.25) is 5.02 Å². The van der Waals surface area contributed by atoms with Crippen LogP contribution in [-0.2, 0) is 6.42 Å². The number of furan rings is 1. The van der Waals surface area contributed by atoms with Crippen LogP contribution in [0.15, 0.2) is 58.3 Å². The van der Waals surface area contributed by atoms with E-state index in [2.05, 4.69) is 26.4 Å². The summed E-state index contributed by atoms with van der Waals surface area (Å²) in [7, 11) is 0. The summed E-state index contributed by atoms with van der Waals surface area (Å²) >= 11 is 6.01. The molecule has 0 atom stereocenters. The van der Waals surface area contributed by atoms with E-state index in [1.807, 2.05) is 0 Å². The fraction of sp³-hybridized carbons (Fsp3) is 0.174. The molecule has 0 saturated heterocycles. The zero-order valence-corrected chi connectivity index (χ0v) is 18.4. The van der Waals surface area contributed by atoms with Crippen LogP contribution in [0.3, 0.4) is 0 Å². The van der Waals surface area contributed by atoms with E-state index in [0.29, 0.717) is 41.0 Å². The SMILES string of the molecule is Cc1c(C(=O)NNC(=O)c2ccccc2Cl)oc2c1/C(=N/NC(=O)c1cccnc1)CCC2. The van der Waals surface area contributed by atoms with Gasteiger partial charge in [0.05, 0.1) is 21.9 Å². The lowest BCUT2D eigenvalue weighted by atomic mass is 9.93. The third-order valence-electron chi connectivity index (χ3n) is 5.16. The molecule has 10 heteroatoms. The number of halogens is 1. The first-order valence-electron chi connectivity index (χ1n) is 10.2. The van der Waals surface area contributed by atoms with Crippen LogP contribution in [0.1, 0.15) is 61.0 Å². The van der Waals surface area contributed by atoms with Crippen LogP contribution >= 0.6 is 11.6 Å². The van der Waals surface area contributed by atoms with Crippen LogP contribution in [-0.4, -0.2) is 28.4 Å². The predicted molar refractivity (Wildman–Crippen MR) is 121 cm³/mol. The van der Waals surface area contributed by atoms with Gasteiger partial charge >= 0.3 is 5.91 Å². The van der Waals surface area contributed by atoms with E-state index in [-0.39, 0.29) is 22.3 Å². The van der Waals surface area contributed by atoms with E-state index in [1.54, 1.807) is 49.5 Å². The fourth-order valence-corrected chi connectivity index (χ4v) is 3.78. The maximum atomic E-state index is 12.7. The molecule has 0 bridgehead atoms. The topological polar surface area (TPSA) is 126 Å². The summed E-state index contributed by atoms with van der Waals surface area (Å²) in [4.78, 5) is 41.2. The summed E-state index contributed by atoms with van der Waals surface area (Å²) in [6.07, 6.45) is 5.03. The van der Waals surface area contributed by atoms with E-state index < -0.39 is 11.8 Å². The first kappa shape index (κ1) is 22.2. The van der Waals surface area contributed by atoms with E-state index in [1.165, 1.54) is 6.20 Å². The van der Waals surface area contributed by atoms with Gasteiger partial charge in [0.15, 0.2) is 5.76 Å². The summed E-state index contributed by atoms with van der Waals surface area (Å²) in [6, 6.07) is 9.79. The number of carbonyl (C=O) groups is 3. The van der Waals surface area contributed by atoms with Crippen molar-refractivity contribution in [2.45, 2.75) is 26.2 Å². The highest BCUT2D eigenvalue weighted by molar-refractivity contribution is 6.33. The van der Waals surface area contributed by atoms with E-state index in [9.17, 15) is 14.4 Å². The Morgan fingerprint density at radius 3 is 2.58 bits per heavy atom. The van der Waals surface area contributed by atoms with Crippen molar-refractivity contribution in [2.75, 3.05) is 0 Å². The van der Waals surface area contributed by atoms with Crippen molar-refractivity contribution in [3.63, 3.8) is 0 Å². The molecule has 0 fully saturated rings. The maximum absolute atomic E-state index is 12.7. The highest BCUT2D eigenvalue weighted by Gasteiger charge is 2.28. The molecule has 0 unspecified atom stereocenters. The zero-order valence-electron chi connectivity index (χ0n) is 17.6. The van der Waals surface area contributed by atoms with Gasteiger partial charge in [-0.2, -0.15) is 5.10 Å². The Bertz CT molecular complexity index is 1250. The molecule has 1 aliphatic rings. The number of benzene rings is 1. The molecular weight excluding hydrogens is 446 g/mol. The Balaban J connectivity index is 1.49. The van der Waals surface area contributed by atoms with Gasteiger partial charge in [0.25, 0.3) is 11.8 Å². The molecule has 0 spiro atoms. The summed E-state index contributed by atoms with van der Waals surface area (Å²) in [6.45, 7) is 1.73. The second kappa shape index (κ2) is 9.66. The van der Waals surface area contributed by atoms with Crippen molar-refractivity contribution in [3.05, 3.63) is 87.6 Å².